The molecule has 0 fully saturated rings. The average Bonchev–Trinajstić information content (AvgIpc) is 2.64. The molecule has 28 heavy (non-hydrogen) atoms. The van der Waals surface area contributed by atoms with Gasteiger partial charge in [-0.1, -0.05) is 50.2 Å². The summed E-state index contributed by atoms with van der Waals surface area (Å²) in [6, 6.07) is 13.2. The number of carbonyl (C=O) groups excluding carboxylic acids is 2. The molecule has 1 heterocycles. The van der Waals surface area contributed by atoms with E-state index in [1.807, 2.05) is 56.3 Å². The third kappa shape index (κ3) is 4.09. The maximum absolute atomic E-state index is 13.1. The van der Waals surface area contributed by atoms with E-state index in [1.165, 1.54) is 5.56 Å². The molecule has 3 amide bonds. The number of urea groups is 1. The maximum atomic E-state index is 13.1. The number of benzene rings is 2. The van der Waals surface area contributed by atoms with Crippen molar-refractivity contribution in [2.45, 2.75) is 46.6 Å². The van der Waals surface area contributed by atoms with E-state index in [4.69, 9.17) is 0 Å². The van der Waals surface area contributed by atoms with Crippen LogP contribution in [0.25, 0.3) is 0 Å². The first-order chi connectivity index (χ1) is 13.3. The number of hydrogen-bond donors (Lipinski definition) is 3. The zero-order valence-electron chi connectivity index (χ0n) is 17.0. The topological polar surface area (TPSA) is 70.2 Å². The predicted octanol–water partition coefficient (Wildman–Crippen LogP) is 4.69. The van der Waals surface area contributed by atoms with Crippen molar-refractivity contribution in [3.63, 3.8) is 0 Å². The molecule has 146 valence electrons. The van der Waals surface area contributed by atoms with Crippen molar-refractivity contribution in [3.05, 3.63) is 76.0 Å². The Bertz CT molecular complexity index is 943. The van der Waals surface area contributed by atoms with Gasteiger partial charge in [-0.25, -0.2) is 4.79 Å². The summed E-state index contributed by atoms with van der Waals surface area (Å²) in [5, 5.41) is 8.61. The maximum Gasteiger partial charge on any atom is 0.319 e. The van der Waals surface area contributed by atoms with Gasteiger partial charge in [-0.3, -0.25) is 4.79 Å². The number of rotatable bonds is 4. The second kappa shape index (κ2) is 7.89. The van der Waals surface area contributed by atoms with Crippen LogP contribution in [0.4, 0.5) is 10.5 Å². The van der Waals surface area contributed by atoms with Gasteiger partial charge < -0.3 is 16.0 Å². The van der Waals surface area contributed by atoms with E-state index < -0.39 is 6.04 Å². The Morgan fingerprint density at radius 3 is 2.36 bits per heavy atom. The molecule has 3 rings (SSSR count). The lowest BCUT2D eigenvalue weighted by Gasteiger charge is -2.29. The van der Waals surface area contributed by atoms with Crippen LogP contribution in [0.2, 0.25) is 0 Å². The molecule has 2 aromatic rings. The third-order valence-corrected chi connectivity index (χ3v) is 5.09. The Hall–Kier alpha value is -3.08. The third-order valence-electron chi connectivity index (χ3n) is 5.09. The van der Waals surface area contributed by atoms with Crippen LogP contribution in [0.1, 0.15) is 55.0 Å². The summed E-state index contributed by atoms with van der Waals surface area (Å²) >= 11 is 0. The van der Waals surface area contributed by atoms with Crippen molar-refractivity contribution < 1.29 is 9.59 Å². The predicted molar refractivity (Wildman–Crippen MR) is 112 cm³/mol. The summed E-state index contributed by atoms with van der Waals surface area (Å²) in [5.41, 5.74) is 6.00. The Morgan fingerprint density at radius 2 is 1.71 bits per heavy atom. The highest BCUT2D eigenvalue weighted by Gasteiger charge is 2.31. The van der Waals surface area contributed by atoms with Crippen LogP contribution in [-0.4, -0.2) is 11.9 Å². The van der Waals surface area contributed by atoms with Gasteiger partial charge in [0.15, 0.2) is 0 Å². The summed E-state index contributed by atoms with van der Waals surface area (Å²) in [5.74, 6) is 0.192. The average molecular weight is 377 g/mol. The van der Waals surface area contributed by atoms with Crippen LogP contribution in [0.5, 0.6) is 0 Å². The van der Waals surface area contributed by atoms with Crippen LogP contribution in [-0.2, 0) is 4.79 Å². The molecule has 0 aromatic heterocycles. The molecular formula is C23H27N3O2. The highest BCUT2D eigenvalue weighted by molar-refractivity contribution is 6.07. The minimum absolute atomic E-state index is 0.225. The fraction of sp³-hybridized carbons (Fsp3) is 0.304. The van der Waals surface area contributed by atoms with Crippen molar-refractivity contribution in [2.75, 3.05) is 5.32 Å². The lowest BCUT2D eigenvalue weighted by Crippen LogP contribution is -2.46. The summed E-state index contributed by atoms with van der Waals surface area (Å²) in [6.45, 7) is 9.97. The van der Waals surface area contributed by atoms with Gasteiger partial charge in [0.1, 0.15) is 0 Å². The normalized spacial score (nSPS) is 16.6. The standard InChI is InChI=1S/C23H27N3O2/c1-13(2)17-8-10-18(11-9-17)21-20(16(5)24-23(28)26-21)22(27)25-19-12-14(3)6-7-15(19)4/h6-13,21H,1-5H3,(H,25,27)(H2,24,26,28). The van der Waals surface area contributed by atoms with E-state index in [9.17, 15) is 9.59 Å². The van der Waals surface area contributed by atoms with Gasteiger partial charge in [0.2, 0.25) is 0 Å². The number of allylic oxidation sites excluding steroid dienone is 1. The molecular weight excluding hydrogens is 350 g/mol. The lowest BCUT2D eigenvalue weighted by molar-refractivity contribution is -0.113. The molecule has 3 N–H and O–H groups in total. The van der Waals surface area contributed by atoms with Crippen molar-refractivity contribution in [2.24, 2.45) is 0 Å². The highest BCUT2D eigenvalue weighted by Crippen LogP contribution is 2.29. The molecule has 0 spiro atoms. The van der Waals surface area contributed by atoms with Crippen molar-refractivity contribution in [1.29, 1.82) is 0 Å². The SMILES string of the molecule is CC1=C(C(=O)Nc2cc(C)ccc2C)C(c2ccc(C(C)C)cc2)NC(=O)N1. The van der Waals surface area contributed by atoms with Gasteiger partial charge in [0, 0.05) is 11.4 Å². The second-order valence-electron chi connectivity index (χ2n) is 7.66. The first-order valence-corrected chi connectivity index (χ1v) is 9.53. The van der Waals surface area contributed by atoms with E-state index in [2.05, 4.69) is 29.8 Å². The number of nitrogens with one attached hydrogen (secondary N) is 3. The summed E-state index contributed by atoms with van der Waals surface area (Å²) in [4.78, 5) is 25.2. The molecule has 2 aromatic carbocycles. The Morgan fingerprint density at radius 1 is 1.04 bits per heavy atom. The second-order valence-corrected chi connectivity index (χ2v) is 7.66. The van der Waals surface area contributed by atoms with E-state index in [0.717, 1.165) is 22.4 Å². The smallest absolute Gasteiger partial charge is 0.319 e. The zero-order chi connectivity index (χ0) is 20.4. The number of anilines is 1. The summed E-state index contributed by atoms with van der Waals surface area (Å²) in [6.07, 6.45) is 0. The monoisotopic (exact) mass is 377 g/mol. The minimum atomic E-state index is -0.500. The van der Waals surface area contributed by atoms with Gasteiger partial charge >= 0.3 is 6.03 Å². The van der Waals surface area contributed by atoms with Crippen molar-refractivity contribution >= 4 is 17.6 Å². The van der Waals surface area contributed by atoms with Gasteiger partial charge in [-0.15, -0.1) is 0 Å². The van der Waals surface area contributed by atoms with E-state index in [0.29, 0.717) is 17.2 Å². The van der Waals surface area contributed by atoms with Gasteiger partial charge in [0.05, 0.1) is 11.6 Å². The zero-order valence-corrected chi connectivity index (χ0v) is 17.0. The Balaban J connectivity index is 1.95. The molecule has 1 atom stereocenters. The molecule has 0 aliphatic carbocycles. The van der Waals surface area contributed by atoms with Gasteiger partial charge in [-0.2, -0.15) is 0 Å². The molecule has 5 nitrogen and oxygen atoms in total. The number of amides is 3. The van der Waals surface area contributed by atoms with E-state index >= 15 is 0 Å². The van der Waals surface area contributed by atoms with Gasteiger partial charge in [-0.05, 0) is 55.0 Å². The fourth-order valence-corrected chi connectivity index (χ4v) is 3.38. The number of carbonyl (C=O) groups is 2. The highest BCUT2D eigenvalue weighted by atomic mass is 16.2. The van der Waals surface area contributed by atoms with E-state index in [-0.39, 0.29) is 11.9 Å². The van der Waals surface area contributed by atoms with Crippen molar-refractivity contribution in [1.82, 2.24) is 10.6 Å². The molecule has 1 unspecified atom stereocenters. The molecule has 0 bridgehead atoms. The van der Waals surface area contributed by atoms with Crippen LogP contribution in [0.15, 0.2) is 53.7 Å². The summed E-state index contributed by atoms with van der Waals surface area (Å²) in [7, 11) is 0. The molecule has 0 saturated heterocycles. The lowest BCUT2D eigenvalue weighted by atomic mass is 9.92. The largest absolute Gasteiger partial charge is 0.327 e. The van der Waals surface area contributed by atoms with Crippen LogP contribution >= 0.6 is 0 Å². The Kier molecular flexibility index (Phi) is 5.54. The van der Waals surface area contributed by atoms with Crippen LogP contribution in [0.3, 0.4) is 0 Å². The number of hydrogen-bond acceptors (Lipinski definition) is 2. The summed E-state index contributed by atoms with van der Waals surface area (Å²) < 4.78 is 0. The molecule has 1 aliphatic rings. The molecule has 1 aliphatic heterocycles. The van der Waals surface area contributed by atoms with E-state index in [1.54, 1.807) is 6.92 Å². The van der Waals surface area contributed by atoms with Gasteiger partial charge in [0.25, 0.3) is 5.91 Å². The molecule has 0 saturated carbocycles. The quantitative estimate of drug-likeness (QED) is 0.723. The van der Waals surface area contributed by atoms with Crippen LogP contribution in [0, 0.1) is 13.8 Å². The number of aryl methyl sites for hydroxylation is 2. The van der Waals surface area contributed by atoms with Crippen LogP contribution < -0.4 is 16.0 Å². The minimum Gasteiger partial charge on any atom is -0.327 e. The molecule has 5 heteroatoms. The Labute approximate surface area is 166 Å². The first-order valence-electron chi connectivity index (χ1n) is 9.53. The fourth-order valence-electron chi connectivity index (χ4n) is 3.38. The van der Waals surface area contributed by atoms with Crippen molar-refractivity contribution in [3.8, 4) is 0 Å². The molecule has 0 radical (unpaired) electrons. The first kappa shape index (κ1) is 19.7.